The van der Waals surface area contributed by atoms with Gasteiger partial charge in [0.15, 0.2) is 0 Å². The topological polar surface area (TPSA) is 37.3 Å². The van der Waals surface area contributed by atoms with Gasteiger partial charge in [0.05, 0.1) is 0 Å². The van der Waals surface area contributed by atoms with E-state index in [9.17, 15) is 4.79 Å². The Hall–Kier alpha value is 0.630. The molecule has 0 rings (SSSR count). The van der Waals surface area contributed by atoms with Gasteiger partial charge in [-0.3, -0.25) is 0 Å². The fourth-order valence-electron chi connectivity index (χ4n) is 0. The number of hydrogen-bond acceptors (Lipinski definition) is 2. The smallest absolute Gasteiger partial charge is 1.00 e. The van der Waals surface area contributed by atoms with E-state index < -0.39 is 6.10 Å². The first-order chi connectivity index (χ1) is 2.27. The van der Waals surface area contributed by atoms with Gasteiger partial charge in [-0.2, -0.15) is 0 Å². The Balaban J connectivity index is -0.0000000800. The molecule has 0 saturated carbocycles. The number of aliphatic hydroxyl groups excluding tert-OH is 1. The molecule has 0 bridgehead atoms. The molecule has 1 N–H and O–H groups in total. The molecule has 0 saturated heterocycles. The van der Waals surface area contributed by atoms with Gasteiger partial charge in [-0.25, -0.2) is 0 Å². The van der Waals surface area contributed by atoms with Crippen molar-refractivity contribution in [2.24, 2.45) is 0 Å². The molecule has 0 aliphatic rings. The first-order valence-corrected chi connectivity index (χ1v) is 1.40. The van der Waals surface area contributed by atoms with Crippen LogP contribution in [0.5, 0.6) is 0 Å². The molecule has 3 heteroatoms. The van der Waals surface area contributed by atoms with E-state index in [2.05, 4.69) is 0 Å². The van der Waals surface area contributed by atoms with Crippen molar-refractivity contribution in [3.63, 3.8) is 0 Å². The molecular weight excluding hydrogens is 91.0 g/mol. The standard InChI is InChI=1S/C3H6O2.Na.H/c1-3(5)2-4;;/h2-3,5H,1H3;;/q;+1;-1. The Kier molecular flexibility index (Phi) is 9.20. The van der Waals surface area contributed by atoms with Gasteiger partial charge in [0, 0.05) is 0 Å². The minimum atomic E-state index is -0.796. The molecule has 0 amide bonds. The van der Waals surface area contributed by atoms with Crippen LogP contribution >= 0.6 is 0 Å². The van der Waals surface area contributed by atoms with E-state index in [0.29, 0.717) is 6.29 Å². The molecule has 32 valence electrons. The van der Waals surface area contributed by atoms with Gasteiger partial charge in [0.2, 0.25) is 0 Å². The maximum absolute atomic E-state index is 9.25. The number of hydrogen-bond donors (Lipinski definition) is 1. The Morgan fingerprint density at radius 2 is 2.17 bits per heavy atom. The van der Waals surface area contributed by atoms with Gasteiger partial charge in [-0.15, -0.1) is 0 Å². The molecular formula is C3H7NaO2. The maximum atomic E-state index is 9.25. The molecule has 0 fully saturated rings. The van der Waals surface area contributed by atoms with Gasteiger partial charge in [0.1, 0.15) is 12.4 Å². The van der Waals surface area contributed by atoms with Gasteiger partial charge in [-0.1, -0.05) is 0 Å². The molecule has 0 aliphatic heterocycles. The second kappa shape index (κ2) is 5.63. The van der Waals surface area contributed by atoms with Crippen LogP contribution in [0.1, 0.15) is 8.35 Å². The molecule has 0 aliphatic carbocycles. The van der Waals surface area contributed by atoms with E-state index in [0.717, 1.165) is 0 Å². The van der Waals surface area contributed by atoms with Crippen molar-refractivity contribution in [3.05, 3.63) is 0 Å². The first-order valence-electron chi connectivity index (χ1n) is 1.40. The number of rotatable bonds is 1. The number of carbonyl (C=O) groups excluding carboxylic acids is 1. The second-order valence-electron chi connectivity index (χ2n) is 0.877. The van der Waals surface area contributed by atoms with Gasteiger partial charge < -0.3 is 11.3 Å². The van der Waals surface area contributed by atoms with Crippen LogP contribution in [0.2, 0.25) is 0 Å². The maximum Gasteiger partial charge on any atom is 1.00 e. The Morgan fingerprint density at radius 1 is 2.00 bits per heavy atom. The number of aliphatic hydroxyl groups is 1. The Labute approximate surface area is 60.3 Å². The fourth-order valence-corrected chi connectivity index (χ4v) is 0. The Bertz CT molecular complexity index is 39.9. The molecule has 6 heavy (non-hydrogen) atoms. The molecule has 2 nitrogen and oxygen atoms in total. The number of aldehydes is 1. The van der Waals surface area contributed by atoms with Gasteiger partial charge in [-0.05, 0) is 6.92 Å². The summed E-state index contributed by atoms with van der Waals surface area (Å²) in [5.41, 5.74) is 0. The minimum absolute atomic E-state index is 0. The summed E-state index contributed by atoms with van der Waals surface area (Å²) in [7, 11) is 0. The van der Waals surface area contributed by atoms with Crippen LogP contribution < -0.4 is 29.6 Å². The van der Waals surface area contributed by atoms with Gasteiger partial charge >= 0.3 is 29.6 Å². The summed E-state index contributed by atoms with van der Waals surface area (Å²) < 4.78 is 0. The van der Waals surface area contributed by atoms with E-state index >= 15 is 0 Å². The van der Waals surface area contributed by atoms with Crippen LogP contribution in [-0.2, 0) is 4.79 Å². The first kappa shape index (κ1) is 9.80. The summed E-state index contributed by atoms with van der Waals surface area (Å²) in [6.45, 7) is 1.41. The zero-order valence-electron chi connectivity index (χ0n) is 5.01. The zero-order valence-corrected chi connectivity index (χ0v) is 6.01. The van der Waals surface area contributed by atoms with Crippen molar-refractivity contribution in [2.75, 3.05) is 0 Å². The summed E-state index contributed by atoms with van der Waals surface area (Å²) >= 11 is 0. The van der Waals surface area contributed by atoms with Crippen LogP contribution in [0.25, 0.3) is 0 Å². The third kappa shape index (κ3) is 8.82. The van der Waals surface area contributed by atoms with E-state index in [-0.39, 0.29) is 31.0 Å². The minimum Gasteiger partial charge on any atom is -1.00 e. The monoisotopic (exact) mass is 98.0 g/mol. The average Bonchev–Trinajstić information content (AvgIpc) is 1.38. The van der Waals surface area contributed by atoms with E-state index in [1.807, 2.05) is 0 Å². The molecule has 1 atom stereocenters. The normalized spacial score (nSPS) is 11.7. The second-order valence-corrected chi connectivity index (χ2v) is 0.877. The van der Waals surface area contributed by atoms with E-state index in [1.165, 1.54) is 6.92 Å². The van der Waals surface area contributed by atoms with E-state index in [4.69, 9.17) is 5.11 Å². The molecule has 0 aromatic carbocycles. The zero-order chi connectivity index (χ0) is 4.28. The largest absolute Gasteiger partial charge is 1.00 e. The predicted octanol–water partition coefficient (Wildman–Crippen LogP) is -3.32. The van der Waals surface area contributed by atoms with Crippen molar-refractivity contribution in [1.82, 2.24) is 0 Å². The quantitative estimate of drug-likeness (QED) is 0.275. The number of carbonyl (C=O) groups is 1. The van der Waals surface area contributed by atoms with Crippen molar-refractivity contribution in [1.29, 1.82) is 0 Å². The van der Waals surface area contributed by atoms with Crippen LogP contribution in [0.3, 0.4) is 0 Å². The summed E-state index contributed by atoms with van der Waals surface area (Å²) in [5.74, 6) is 0. The molecule has 1 unspecified atom stereocenters. The van der Waals surface area contributed by atoms with Crippen LogP contribution in [0.15, 0.2) is 0 Å². The summed E-state index contributed by atoms with van der Waals surface area (Å²) in [6.07, 6.45) is -0.324. The van der Waals surface area contributed by atoms with Crippen molar-refractivity contribution in [3.8, 4) is 0 Å². The molecule has 0 aromatic heterocycles. The predicted molar refractivity (Wildman–Crippen MR) is 18.9 cm³/mol. The van der Waals surface area contributed by atoms with Gasteiger partial charge in [0.25, 0.3) is 0 Å². The fraction of sp³-hybridized carbons (Fsp3) is 0.667. The third-order valence-electron chi connectivity index (χ3n) is 0.197. The van der Waals surface area contributed by atoms with Crippen molar-refractivity contribution in [2.45, 2.75) is 13.0 Å². The molecule has 0 aromatic rings. The molecule has 0 spiro atoms. The Morgan fingerprint density at radius 3 is 2.17 bits per heavy atom. The van der Waals surface area contributed by atoms with Crippen molar-refractivity contribution < 1.29 is 40.9 Å². The average molecular weight is 98.1 g/mol. The summed E-state index contributed by atoms with van der Waals surface area (Å²) in [6, 6.07) is 0. The van der Waals surface area contributed by atoms with E-state index in [1.54, 1.807) is 0 Å². The van der Waals surface area contributed by atoms with Crippen LogP contribution in [0.4, 0.5) is 0 Å². The summed E-state index contributed by atoms with van der Waals surface area (Å²) in [5, 5.41) is 7.99. The molecule has 0 heterocycles. The summed E-state index contributed by atoms with van der Waals surface area (Å²) in [4.78, 5) is 9.25. The van der Waals surface area contributed by atoms with Crippen molar-refractivity contribution >= 4 is 6.29 Å². The van der Waals surface area contributed by atoms with Crippen LogP contribution in [-0.4, -0.2) is 17.5 Å². The van der Waals surface area contributed by atoms with Crippen LogP contribution in [0, 0.1) is 0 Å². The third-order valence-corrected chi connectivity index (χ3v) is 0.197. The molecule has 0 radical (unpaired) electrons. The SMILES string of the molecule is CC(O)C=O.[H-].[Na+].